The fraction of sp³-hybridized carbons (Fsp3) is 0.533. The summed E-state index contributed by atoms with van der Waals surface area (Å²) in [6, 6.07) is 5.92. The van der Waals surface area contributed by atoms with Gasteiger partial charge in [-0.3, -0.25) is 4.79 Å². The highest BCUT2D eigenvalue weighted by molar-refractivity contribution is 5.70. The van der Waals surface area contributed by atoms with Crippen LogP contribution in [0.25, 0.3) is 0 Å². The topological polar surface area (TPSA) is 49.8 Å². The van der Waals surface area contributed by atoms with Crippen molar-refractivity contribution in [3.8, 4) is 5.75 Å². The Bertz CT molecular complexity index is 431. The summed E-state index contributed by atoms with van der Waals surface area (Å²) < 4.78 is 5.18. The molecule has 1 aromatic carbocycles. The van der Waals surface area contributed by atoms with E-state index in [9.17, 15) is 4.79 Å². The van der Waals surface area contributed by atoms with Gasteiger partial charge in [0, 0.05) is 19.3 Å². The van der Waals surface area contributed by atoms with Crippen LogP contribution in [0, 0.1) is 12.8 Å². The highest BCUT2D eigenvalue weighted by Crippen LogP contribution is 2.24. The normalized spacial score (nSPS) is 12.0. The minimum Gasteiger partial charge on any atom is -0.497 e. The van der Waals surface area contributed by atoms with E-state index >= 15 is 0 Å². The van der Waals surface area contributed by atoms with E-state index in [1.165, 1.54) is 0 Å². The third-order valence-electron chi connectivity index (χ3n) is 3.47. The van der Waals surface area contributed by atoms with Gasteiger partial charge in [0.2, 0.25) is 0 Å². The number of carboxylic acid groups (broad SMARTS) is 1. The van der Waals surface area contributed by atoms with Crippen LogP contribution < -0.4 is 9.64 Å². The molecule has 4 heteroatoms. The first-order valence-corrected chi connectivity index (χ1v) is 6.58. The fourth-order valence-electron chi connectivity index (χ4n) is 2.16. The second kappa shape index (κ2) is 7.02. The van der Waals surface area contributed by atoms with Crippen LogP contribution in [0.1, 0.15) is 25.3 Å². The number of anilines is 1. The first-order chi connectivity index (χ1) is 8.99. The number of aryl methyl sites for hydroxylation is 1. The van der Waals surface area contributed by atoms with E-state index in [0.717, 1.165) is 23.5 Å². The lowest BCUT2D eigenvalue weighted by molar-refractivity contribution is -0.141. The summed E-state index contributed by atoms with van der Waals surface area (Å²) in [6.07, 6.45) is 1.33. The first kappa shape index (κ1) is 15.3. The molecule has 1 rings (SSSR count). The lowest BCUT2D eigenvalue weighted by atomic mass is 10.0. The lowest BCUT2D eigenvalue weighted by Crippen LogP contribution is -2.24. The number of nitrogens with zero attached hydrogens (tertiary/aromatic N) is 1. The van der Waals surface area contributed by atoms with Crippen LogP contribution in [0.4, 0.5) is 5.69 Å². The highest BCUT2D eigenvalue weighted by atomic mass is 16.5. The maximum absolute atomic E-state index is 11.0. The summed E-state index contributed by atoms with van der Waals surface area (Å²) in [5.74, 6) is -0.130. The van der Waals surface area contributed by atoms with Crippen molar-refractivity contribution in [2.45, 2.75) is 26.7 Å². The molecular formula is C15H23NO3. The zero-order chi connectivity index (χ0) is 14.4. The van der Waals surface area contributed by atoms with Gasteiger partial charge in [-0.05, 0) is 43.5 Å². The second-order valence-corrected chi connectivity index (χ2v) is 4.81. The summed E-state index contributed by atoms with van der Waals surface area (Å²) in [5, 5.41) is 9.04. The molecule has 106 valence electrons. The van der Waals surface area contributed by atoms with Gasteiger partial charge in [0.15, 0.2) is 0 Å². The van der Waals surface area contributed by atoms with Gasteiger partial charge in [0.1, 0.15) is 5.75 Å². The molecule has 1 unspecified atom stereocenters. The standard InChI is InChI=1S/C15H23NO3/c1-5-12(15(17)18)8-9-16(3)14-7-6-13(19-4)10-11(14)2/h6-7,10,12H,5,8-9H2,1-4H3,(H,17,18). The van der Waals surface area contributed by atoms with Gasteiger partial charge in [-0.25, -0.2) is 0 Å². The van der Waals surface area contributed by atoms with Gasteiger partial charge in [0.25, 0.3) is 0 Å². The van der Waals surface area contributed by atoms with Crippen LogP contribution >= 0.6 is 0 Å². The summed E-state index contributed by atoms with van der Waals surface area (Å²) in [5.41, 5.74) is 2.24. The minimum absolute atomic E-state index is 0.263. The molecule has 0 heterocycles. The molecule has 19 heavy (non-hydrogen) atoms. The number of methoxy groups -OCH3 is 1. The van der Waals surface area contributed by atoms with E-state index in [1.807, 2.05) is 39.1 Å². The van der Waals surface area contributed by atoms with E-state index in [2.05, 4.69) is 4.90 Å². The molecule has 4 nitrogen and oxygen atoms in total. The van der Waals surface area contributed by atoms with Crippen molar-refractivity contribution in [2.75, 3.05) is 25.6 Å². The number of rotatable bonds is 7. The Morgan fingerprint density at radius 1 is 1.47 bits per heavy atom. The molecule has 0 aliphatic heterocycles. The van der Waals surface area contributed by atoms with Gasteiger partial charge >= 0.3 is 5.97 Å². The van der Waals surface area contributed by atoms with E-state index < -0.39 is 5.97 Å². The SMILES string of the molecule is CCC(CCN(C)c1ccc(OC)cc1C)C(=O)O. The van der Waals surface area contributed by atoms with Crippen molar-refractivity contribution in [1.82, 2.24) is 0 Å². The van der Waals surface area contributed by atoms with Crippen molar-refractivity contribution in [1.29, 1.82) is 0 Å². The Kier molecular flexibility index (Phi) is 5.67. The molecule has 0 aliphatic rings. The van der Waals surface area contributed by atoms with Gasteiger partial charge in [-0.1, -0.05) is 6.92 Å². The molecule has 0 fully saturated rings. The molecule has 0 bridgehead atoms. The first-order valence-electron chi connectivity index (χ1n) is 6.58. The summed E-state index contributed by atoms with van der Waals surface area (Å²) in [6.45, 7) is 4.68. The molecule has 0 spiro atoms. The summed E-state index contributed by atoms with van der Waals surface area (Å²) >= 11 is 0. The number of hydrogen-bond acceptors (Lipinski definition) is 3. The number of carboxylic acids is 1. The third kappa shape index (κ3) is 4.16. The van der Waals surface area contributed by atoms with Crippen molar-refractivity contribution in [3.05, 3.63) is 23.8 Å². The quantitative estimate of drug-likeness (QED) is 0.823. The molecule has 0 aromatic heterocycles. The Balaban J connectivity index is 2.67. The highest BCUT2D eigenvalue weighted by Gasteiger charge is 2.16. The minimum atomic E-state index is -0.706. The maximum atomic E-state index is 11.0. The maximum Gasteiger partial charge on any atom is 0.306 e. The molecule has 0 saturated carbocycles. The second-order valence-electron chi connectivity index (χ2n) is 4.81. The van der Waals surface area contributed by atoms with Crippen LogP contribution in [-0.2, 0) is 4.79 Å². The number of carbonyl (C=O) groups is 1. The molecule has 1 aromatic rings. The number of hydrogen-bond donors (Lipinski definition) is 1. The van der Waals surface area contributed by atoms with Gasteiger partial charge < -0.3 is 14.7 Å². The van der Waals surface area contributed by atoms with Gasteiger partial charge in [0.05, 0.1) is 13.0 Å². The van der Waals surface area contributed by atoms with Crippen LogP contribution in [0.3, 0.4) is 0 Å². The van der Waals surface area contributed by atoms with E-state index in [4.69, 9.17) is 9.84 Å². The van der Waals surface area contributed by atoms with Crippen molar-refractivity contribution in [3.63, 3.8) is 0 Å². The summed E-state index contributed by atoms with van der Waals surface area (Å²) in [4.78, 5) is 13.1. The lowest BCUT2D eigenvalue weighted by Gasteiger charge is -2.23. The Hall–Kier alpha value is -1.71. The smallest absolute Gasteiger partial charge is 0.306 e. The molecular weight excluding hydrogens is 242 g/mol. The van der Waals surface area contributed by atoms with Crippen LogP contribution in [0.15, 0.2) is 18.2 Å². The molecule has 0 saturated heterocycles. The predicted molar refractivity (Wildman–Crippen MR) is 77.0 cm³/mol. The average molecular weight is 265 g/mol. The largest absolute Gasteiger partial charge is 0.497 e. The van der Waals surface area contributed by atoms with E-state index in [-0.39, 0.29) is 5.92 Å². The van der Waals surface area contributed by atoms with Crippen LogP contribution in [-0.4, -0.2) is 31.8 Å². The zero-order valence-corrected chi connectivity index (χ0v) is 12.1. The molecule has 0 aliphatic carbocycles. The molecule has 0 amide bonds. The number of aliphatic carboxylic acids is 1. The Labute approximate surface area is 115 Å². The van der Waals surface area contributed by atoms with Gasteiger partial charge in [-0.15, -0.1) is 0 Å². The van der Waals surface area contributed by atoms with Crippen LogP contribution in [0.2, 0.25) is 0 Å². The van der Waals surface area contributed by atoms with E-state index in [1.54, 1.807) is 7.11 Å². The Morgan fingerprint density at radius 2 is 2.16 bits per heavy atom. The zero-order valence-electron chi connectivity index (χ0n) is 12.1. The Morgan fingerprint density at radius 3 is 2.63 bits per heavy atom. The van der Waals surface area contributed by atoms with Crippen molar-refractivity contribution >= 4 is 11.7 Å². The fourth-order valence-corrected chi connectivity index (χ4v) is 2.16. The van der Waals surface area contributed by atoms with Gasteiger partial charge in [-0.2, -0.15) is 0 Å². The van der Waals surface area contributed by atoms with E-state index in [0.29, 0.717) is 12.8 Å². The number of ether oxygens (including phenoxy) is 1. The van der Waals surface area contributed by atoms with Crippen molar-refractivity contribution < 1.29 is 14.6 Å². The monoisotopic (exact) mass is 265 g/mol. The van der Waals surface area contributed by atoms with Crippen LogP contribution in [0.5, 0.6) is 5.75 Å². The molecule has 1 N–H and O–H groups in total. The van der Waals surface area contributed by atoms with Crippen molar-refractivity contribution in [2.24, 2.45) is 5.92 Å². The summed E-state index contributed by atoms with van der Waals surface area (Å²) in [7, 11) is 3.64. The predicted octanol–water partition coefficient (Wildman–Crippen LogP) is 2.94. The third-order valence-corrected chi connectivity index (χ3v) is 3.47. The molecule has 1 atom stereocenters. The average Bonchev–Trinajstić information content (AvgIpc) is 2.38. The molecule has 0 radical (unpaired) electrons. The number of benzene rings is 1.